The van der Waals surface area contributed by atoms with Crippen LogP contribution in [0.4, 0.5) is 11.4 Å². The van der Waals surface area contributed by atoms with E-state index >= 15 is 0 Å². The number of quaternary nitrogens is 2. The number of para-hydroxylation sites is 2. The smallest absolute Gasteiger partial charge is 0.209 e. The highest BCUT2D eigenvalue weighted by atomic mass is 79.9. The molecule has 0 amide bonds. The number of carbonyl (C=O) groups is 1. The number of allylic oxidation sites excluding steroid dienone is 5. The number of rotatable bonds is 16. The number of anilines is 1. The van der Waals surface area contributed by atoms with Crippen LogP contribution < -0.4 is 44.0 Å². The van der Waals surface area contributed by atoms with E-state index in [0.717, 1.165) is 98.7 Å². The third kappa shape index (κ3) is 7.69. The topological polar surface area (TPSA) is 46.4 Å². The number of Topliss-reactive ketones (excluding diaryl/α,β-unsaturated/α-hetero) is 1. The second kappa shape index (κ2) is 17.3. The van der Waals surface area contributed by atoms with Gasteiger partial charge in [-0.25, -0.2) is 0 Å². The Kier molecular flexibility index (Phi) is 14.6. The lowest BCUT2D eigenvalue weighted by Gasteiger charge is -2.37. The van der Waals surface area contributed by atoms with Crippen LogP contribution in [0.1, 0.15) is 93.2 Å². The zero-order valence-corrected chi connectivity index (χ0v) is 36.8. The van der Waals surface area contributed by atoms with E-state index in [9.17, 15) is 9.90 Å². The molecule has 0 aromatic heterocycles. The minimum atomic E-state index is -0.320. The molecule has 3 aliphatic rings. The van der Waals surface area contributed by atoms with E-state index < -0.39 is 0 Å². The summed E-state index contributed by atoms with van der Waals surface area (Å²) in [6.45, 7) is 33.4. The Balaban J connectivity index is 0.00000364. The van der Waals surface area contributed by atoms with Crippen molar-refractivity contribution < 1.29 is 57.4 Å². The summed E-state index contributed by atoms with van der Waals surface area (Å²) in [7, 11) is 0. The Bertz CT molecular complexity index is 1710. The van der Waals surface area contributed by atoms with Gasteiger partial charge in [0.25, 0.3) is 0 Å². The van der Waals surface area contributed by atoms with E-state index in [1.54, 1.807) is 0 Å². The zero-order valence-electron chi connectivity index (χ0n) is 33.6. The van der Waals surface area contributed by atoms with Crippen molar-refractivity contribution in [1.82, 2.24) is 0 Å². The molecule has 286 valence electrons. The molecule has 2 heterocycles. The second-order valence-electron chi connectivity index (χ2n) is 15.9. The Morgan fingerprint density at radius 3 is 1.79 bits per heavy atom. The predicted octanol–water partition coefficient (Wildman–Crippen LogP) is 1.41. The number of halogens is 2. The molecular weight excluding hydrogens is 776 g/mol. The van der Waals surface area contributed by atoms with E-state index in [4.69, 9.17) is 0 Å². The predicted molar refractivity (Wildman–Crippen MR) is 207 cm³/mol. The van der Waals surface area contributed by atoms with Gasteiger partial charge in [-0.1, -0.05) is 56.0 Å². The molecular formula is C44H64Br2N4O2. The number of nitrogens with zero attached hydrogens (tertiary/aromatic N) is 4. The molecule has 0 N–H and O–H groups in total. The molecule has 52 heavy (non-hydrogen) atoms. The molecule has 2 aliphatic heterocycles. The lowest BCUT2D eigenvalue weighted by atomic mass is 9.77. The first kappa shape index (κ1) is 43.9. The third-order valence-corrected chi connectivity index (χ3v) is 13.2. The van der Waals surface area contributed by atoms with E-state index in [1.165, 1.54) is 22.5 Å². The molecule has 6 nitrogen and oxygen atoms in total. The first-order chi connectivity index (χ1) is 23.8. The van der Waals surface area contributed by atoms with Gasteiger partial charge in [0, 0.05) is 58.6 Å². The molecule has 0 spiro atoms. The largest absolute Gasteiger partial charge is 1.00 e. The normalized spacial score (nSPS) is 19.1. The summed E-state index contributed by atoms with van der Waals surface area (Å²) in [5, 5.41) is 14.0. The molecule has 0 fully saturated rings. The maximum Gasteiger partial charge on any atom is 0.209 e. The van der Waals surface area contributed by atoms with Gasteiger partial charge in [0.15, 0.2) is 18.0 Å². The van der Waals surface area contributed by atoms with Gasteiger partial charge in [0.2, 0.25) is 5.69 Å². The van der Waals surface area contributed by atoms with Crippen molar-refractivity contribution in [3.63, 3.8) is 0 Å². The number of benzene rings is 2. The Labute approximate surface area is 336 Å². The van der Waals surface area contributed by atoms with Crippen molar-refractivity contribution in [3.8, 4) is 0 Å². The molecule has 0 saturated carbocycles. The van der Waals surface area contributed by atoms with Gasteiger partial charge in [0.1, 0.15) is 0 Å². The quantitative estimate of drug-likeness (QED) is 0.146. The summed E-state index contributed by atoms with van der Waals surface area (Å²) >= 11 is 0. The van der Waals surface area contributed by atoms with E-state index in [-0.39, 0.29) is 56.3 Å². The molecule has 0 atom stereocenters. The van der Waals surface area contributed by atoms with Crippen LogP contribution in [0.2, 0.25) is 0 Å². The fraction of sp³-hybridized carbons (Fsp3) is 0.545. The van der Waals surface area contributed by atoms with Gasteiger partial charge in [-0.3, -0.25) is 4.79 Å². The molecule has 5 rings (SSSR count). The van der Waals surface area contributed by atoms with Crippen LogP contribution in [-0.4, -0.2) is 90.5 Å². The molecule has 0 bridgehead atoms. The lowest BCUT2D eigenvalue weighted by Crippen LogP contribution is -3.00. The average molecular weight is 841 g/mol. The van der Waals surface area contributed by atoms with E-state index in [0.29, 0.717) is 11.1 Å². The first-order valence-electron chi connectivity index (χ1n) is 19.5. The summed E-state index contributed by atoms with van der Waals surface area (Å²) < 4.78 is 4.59. The van der Waals surface area contributed by atoms with Gasteiger partial charge in [-0.05, 0) is 73.1 Å². The second-order valence-corrected chi connectivity index (χ2v) is 15.9. The highest BCUT2D eigenvalue weighted by Crippen LogP contribution is 2.49. The molecule has 1 aliphatic carbocycles. The minimum absolute atomic E-state index is 0. The van der Waals surface area contributed by atoms with E-state index in [1.807, 2.05) is 12.2 Å². The maximum atomic E-state index is 14.0. The van der Waals surface area contributed by atoms with Crippen LogP contribution in [0.15, 0.2) is 83.3 Å². The standard InChI is InChI=1S/C44H64N4O2.2BrH/c1-11-47(12-2,13-3)29-21-27-45-37-25-19-17-23-35(37)43(7,8)39(45)31-33-41(49)34(42(33)50)32-40-44(9,10)36-24-18-20-26-38(36)46(40)28-22-30-48(14-4,15-5)16-6;;/h17-20,23-26,31-32H,11-16,21-22,27-30H2,1-10H3;2*1H/q+2;;/p-2. The van der Waals surface area contributed by atoms with Gasteiger partial charge >= 0.3 is 0 Å². The van der Waals surface area contributed by atoms with Crippen molar-refractivity contribution >= 4 is 22.9 Å². The van der Waals surface area contributed by atoms with Gasteiger partial charge in [-0.2, -0.15) is 4.58 Å². The van der Waals surface area contributed by atoms with Crippen molar-refractivity contribution in [3.05, 3.63) is 94.4 Å². The van der Waals surface area contributed by atoms with Crippen LogP contribution in [0, 0.1) is 0 Å². The number of hydrogen-bond donors (Lipinski definition) is 0. The van der Waals surface area contributed by atoms with Crippen LogP contribution in [0.5, 0.6) is 0 Å². The fourth-order valence-corrected chi connectivity index (χ4v) is 9.07. The molecule has 8 heteroatoms. The van der Waals surface area contributed by atoms with Crippen LogP contribution >= 0.6 is 0 Å². The monoisotopic (exact) mass is 838 g/mol. The highest BCUT2D eigenvalue weighted by Gasteiger charge is 2.46. The SMILES string of the molecule is CC[N+](CC)(CC)CCCN1/C(=C/C2=C([O-])C(=C/C3=[N+](CCC[N+](CC)(CC)CC)c4ccccc4C3(C)C)/C2=O)C(C)(C)c2ccccc21.[Br-].[Br-]. The Morgan fingerprint density at radius 1 is 0.712 bits per heavy atom. The molecule has 2 aromatic rings. The molecule has 0 unspecified atom stereocenters. The number of hydrogen-bond acceptors (Lipinski definition) is 3. The fourth-order valence-electron chi connectivity index (χ4n) is 9.07. The van der Waals surface area contributed by atoms with Gasteiger partial charge in [0.05, 0.1) is 64.2 Å². The summed E-state index contributed by atoms with van der Waals surface area (Å²) in [6.07, 6.45) is 5.94. The lowest BCUT2D eigenvalue weighted by molar-refractivity contribution is -0.924. The summed E-state index contributed by atoms with van der Waals surface area (Å²) in [5.74, 6) is -0.267. The molecule has 2 aromatic carbocycles. The Hall–Kier alpha value is -2.52. The van der Waals surface area contributed by atoms with Crippen LogP contribution in [0.3, 0.4) is 0 Å². The number of fused-ring (bicyclic) bond motifs is 2. The Morgan fingerprint density at radius 2 is 1.23 bits per heavy atom. The maximum absolute atomic E-state index is 14.0. The van der Waals surface area contributed by atoms with Crippen LogP contribution in [0.25, 0.3) is 0 Å². The van der Waals surface area contributed by atoms with Gasteiger partial charge in [-0.15, -0.1) is 0 Å². The van der Waals surface area contributed by atoms with Crippen molar-refractivity contribution in [2.24, 2.45) is 0 Å². The number of ketones is 1. The van der Waals surface area contributed by atoms with Crippen molar-refractivity contribution in [2.45, 2.75) is 92.9 Å². The summed E-state index contributed by atoms with van der Waals surface area (Å²) in [5.41, 5.74) is 6.96. The van der Waals surface area contributed by atoms with Crippen molar-refractivity contribution in [2.75, 3.05) is 70.3 Å². The van der Waals surface area contributed by atoms with Gasteiger partial charge < -0.3 is 52.9 Å². The van der Waals surface area contributed by atoms with E-state index in [2.05, 4.69) is 127 Å². The average Bonchev–Trinajstić information content (AvgIpc) is 3.48. The first-order valence-corrected chi connectivity index (χ1v) is 19.5. The summed E-state index contributed by atoms with van der Waals surface area (Å²) in [6, 6.07) is 17.2. The third-order valence-electron chi connectivity index (χ3n) is 13.2. The minimum Gasteiger partial charge on any atom is -1.00 e. The summed E-state index contributed by atoms with van der Waals surface area (Å²) in [4.78, 5) is 16.4. The zero-order chi connectivity index (χ0) is 36.5. The number of carbonyl (C=O) groups excluding carboxylic acids is 1. The molecule has 0 radical (unpaired) electrons. The van der Waals surface area contributed by atoms with Crippen molar-refractivity contribution in [1.29, 1.82) is 0 Å². The highest BCUT2D eigenvalue weighted by molar-refractivity contribution is 6.24. The van der Waals surface area contributed by atoms with Crippen LogP contribution in [-0.2, 0) is 15.6 Å². The molecule has 0 saturated heterocycles.